The average Bonchev–Trinajstić information content (AvgIpc) is 2.30. The van der Waals surface area contributed by atoms with Crippen molar-refractivity contribution in [2.75, 3.05) is 0 Å². The quantitative estimate of drug-likeness (QED) is 0.819. The summed E-state index contributed by atoms with van der Waals surface area (Å²) >= 11 is 0. The molecule has 2 N–H and O–H groups in total. The second-order valence-electron chi connectivity index (χ2n) is 4.41. The molecule has 0 heterocycles. The molecule has 0 radical (unpaired) electrons. The highest BCUT2D eigenvalue weighted by Crippen LogP contribution is 2.34. The molecule has 1 aliphatic rings. The van der Waals surface area contributed by atoms with Crippen molar-refractivity contribution in [3.63, 3.8) is 0 Å². The summed E-state index contributed by atoms with van der Waals surface area (Å²) in [5.74, 6) is -0.842. The first kappa shape index (κ1) is 11.1. The third-order valence-corrected chi connectivity index (χ3v) is 3.34. The first-order chi connectivity index (χ1) is 7.70. The molecule has 1 aromatic rings. The van der Waals surface area contributed by atoms with Gasteiger partial charge in [-0.1, -0.05) is 31.4 Å². The molecule has 1 amide bonds. The Balaban J connectivity index is 2.33. The fourth-order valence-electron chi connectivity index (χ4n) is 2.47. The molecule has 0 spiro atoms. The van der Waals surface area contributed by atoms with Gasteiger partial charge in [0.25, 0.3) is 5.91 Å². The fourth-order valence-corrected chi connectivity index (χ4v) is 2.47. The minimum Gasteiger partial charge on any atom is -0.366 e. The van der Waals surface area contributed by atoms with E-state index in [1.54, 1.807) is 12.1 Å². The zero-order chi connectivity index (χ0) is 11.5. The van der Waals surface area contributed by atoms with Crippen LogP contribution < -0.4 is 5.73 Å². The van der Waals surface area contributed by atoms with Crippen LogP contribution in [0.15, 0.2) is 18.2 Å². The van der Waals surface area contributed by atoms with Crippen molar-refractivity contribution in [1.29, 1.82) is 0 Å². The molecule has 2 rings (SSSR count). The van der Waals surface area contributed by atoms with Gasteiger partial charge in [0.1, 0.15) is 5.82 Å². The predicted octanol–water partition coefficient (Wildman–Crippen LogP) is 2.97. The number of primary amides is 1. The Hall–Kier alpha value is -1.38. The van der Waals surface area contributed by atoms with Crippen LogP contribution in [0.2, 0.25) is 0 Å². The zero-order valence-corrected chi connectivity index (χ0v) is 9.21. The Morgan fingerprint density at radius 1 is 1.25 bits per heavy atom. The molecule has 0 aromatic heterocycles. The number of carbonyl (C=O) groups excluding carboxylic acids is 1. The molecule has 1 aromatic carbocycles. The van der Waals surface area contributed by atoms with Crippen molar-refractivity contribution in [2.24, 2.45) is 5.73 Å². The van der Waals surface area contributed by atoms with Crippen molar-refractivity contribution in [2.45, 2.75) is 38.0 Å². The van der Waals surface area contributed by atoms with Crippen LogP contribution in [-0.4, -0.2) is 5.91 Å². The van der Waals surface area contributed by atoms with Gasteiger partial charge in [0.2, 0.25) is 0 Å². The van der Waals surface area contributed by atoms with Gasteiger partial charge < -0.3 is 5.73 Å². The van der Waals surface area contributed by atoms with Crippen LogP contribution in [0.4, 0.5) is 4.39 Å². The Morgan fingerprint density at radius 3 is 2.56 bits per heavy atom. The number of hydrogen-bond donors (Lipinski definition) is 1. The third kappa shape index (κ3) is 2.08. The highest BCUT2D eigenvalue weighted by Gasteiger charge is 2.21. The number of nitrogens with two attached hydrogens (primary N) is 1. The van der Waals surface area contributed by atoms with Crippen molar-refractivity contribution in [3.05, 3.63) is 35.1 Å². The molecule has 0 saturated heterocycles. The molecule has 1 saturated carbocycles. The zero-order valence-electron chi connectivity index (χ0n) is 9.21. The van der Waals surface area contributed by atoms with Gasteiger partial charge in [-0.25, -0.2) is 4.39 Å². The Morgan fingerprint density at radius 2 is 1.94 bits per heavy atom. The molecule has 1 aliphatic carbocycles. The molecule has 3 heteroatoms. The minimum atomic E-state index is -0.685. The maximum absolute atomic E-state index is 14.0. The normalized spacial score (nSPS) is 17.3. The molecule has 0 unspecified atom stereocenters. The first-order valence-corrected chi connectivity index (χ1v) is 5.78. The summed E-state index contributed by atoms with van der Waals surface area (Å²) < 4.78 is 14.0. The van der Waals surface area contributed by atoms with Crippen LogP contribution in [0.25, 0.3) is 0 Å². The number of halogens is 1. The molecular weight excluding hydrogens is 205 g/mol. The third-order valence-electron chi connectivity index (χ3n) is 3.34. The summed E-state index contributed by atoms with van der Waals surface area (Å²) in [7, 11) is 0. The lowest BCUT2D eigenvalue weighted by Gasteiger charge is -2.22. The second kappa shape index (κ2) is 4.64. The van der Waals surface area contributed by atoms with E-state index in [1.807, 2.05) is 0 Å². The van der Waals surface area contributed by atoms with E-state index in [-0.39, 0.29) is 11.5 Å². The lowest BCUT2D eigenvalue weighted by molar-refractivity contribution is 0.0996. The molecule has 0 atom stereocenters. The molecule has 1 fully saturated rings. The van der Waals surface area contributed by atoms with Crippen LogP contribution in [0.3, 0.4) is 0 Å². The van der Waals surface area contributed by atoms with Crippen molar-refractivity contribution in [3.8, 4) is 0 Å². The van der Waals surface area contributed by atoms with Crippen molar-refractivity contribution < 1.29 is 9.18 Å². The summed E-state index contributed by atoms with van der Waals surface area (Å²) in [4.78, 5) is 11.0. The van der Waals surface area contributed by atoms with Gasteiger partial charge >= 0.3 is 0 Å². The highest BCUT2D eigenvalue weighted by atomic mass is 19.1. The van der Waals surface area contributed by atoms with Gasteiger partial charge in [-0.3, -0.25) is 4.79 Å². The second-order valence-corrected chi connectivity index (χ2v) is 4.41. The SMILES string of the molecule is NC(=O)c1cccc(C2CCCCC2)c1F. The lowest BCUT2D eigenvalue weighted by atomic mass is 9.83. The number of rotatable bonds is 2. The van der Waals surface area contributed by atoms with Crippen molar-refractivity contribution in [1.82, 2.24) is 0 Å². The van der Waals surface area contributed by atoms with E-state index in [2.05, 4.69) is 0 Å². The van der Waals surface area contributed by atoms with Gasteiger partial charge in [0.05, 0.1) is 5.56 Å². The maximum Gasteiger partial charge on any atom is 0.251 e. The van der Waals surface area contributed by atoms with E-state index in [0.717, 1.165) is 25.7 Å². The summed E-state index contributed by atoms with van der Waals surface area (Å²) in [6.07, 6.45) is 5.54. The lowest BCUT2D eigenvalue weighted by Crippen LogP contribution is -2.16. The van der Waals surface area contributed by atoms with Gasteiger partial charge in [-0.05, 0) is 30.4 Å². The number of amides is 1. The minimum absolute atomic E-state index is 0.0167. The van der Waals surface area contributed by atoms with Crippen molar-refractivity contribution >= 4 is 5.91 Å². The first-order valence-electron chi connectivity index (χ1n) is 5.78. The monoisotopic (exact) mass is 221 g/mol. The van der Waals surface area contributed by atoms with Gasteiger partial charge in [-0.15, -0.1) is 0 Å². The summed E-state index contributed by atoms with van der Waals surface area (Å²) in [6, 6.07) is 4.94. The summed E-state index contributed by atoms with van der Waals surface area (Å²) in [5, 5.41) is 0. The molecule has 86 valence electrons. The Labute approximate surface area is 94.6 Å². The highest BCUT2D eigenvalue weighted by molar-refractivity contribution is 5.93. The number of carbonyl (C=O) groups is 1. The molecule has 2 nitrogen and oxygen atoms in total. The molecule has 0 bridgehead atoms. The summed E-state index contributed by atoms with van der Waals surface area (Å²) in [5.41, 5.74) is 5.81. The van der Waals surface area contributed by atoms with Gasteiger partial charge in [-0.2, -0.15) is 0 Å². The van der Waals surface area contributed by atoms with Crippen LogP contribution in [0.5, 0.6) is 0 Å². The van der Waals surface area contributed by atoms with E-state index < -0.39 is 11.7 Å². The van der Waals surface area contributed by atoms with Crippen LogP contribution in [0.1, 0.15) is 53.9 Å². The molecule has 16 heavy (non-hydrogen) atoms. The van der Waals surface area contributed by atoms with Crippen LogP contribution in [-0.2, 0) is 0 Å². The molecule has 0 aliphatic heterocycles. The topological polar surface area (TPSA) is 43.1 Å². The Bertz CT molecular complexity index is 397. The van der Waals surface area contributed by atoms with Gasteiger partial charge in [0.15, 0.2) is 0 Å². The van der Waals surface area contributed by atoms with E-state index >= 15 is 0 Å². The smallest absolute Gasteiger partial charge is 0.251 e. The number of benzene rings is 1. The predicted molar refractivity (Wildman–Crippen MR) is 60.7 cm³/mol. The fraction of sp³-hybridized carbons (Fsp3) is 0.462. The molecular formula is C13H16FNO. The van der Waals surface area contributed by atoms with Crippen LogP contribution >= 0.6 is 0 Å². The van der Waals surface area contributed by atoms with E-state index in [9.17, 15) is 9.18 Å². The Kier molecular flexibility index (Phi) is 3.22. The number of hydrogen-bond acceptors (Lipinski definition) is 1. The van der Waals surface area contributed by atoms with E-state index in [0.29, 0.717) is 5.56 Å². The average molecular weight is 221 g/mol. The maximum atomic E-state index is 14.0. The van der Waals surface area contributed by atoms with E-state index in [1.165, 1.54) is 12.5 Å². The standard InChI is InChI=1S/C13H16FNO/c14-12-10(9-5-2-1-3-6-9)7-4-8-11(12)13(15)16/h4,7-9H,1-3,5-6H2,(H2,15,16). The largest absolute Gasteiger partial charge is 0.366 e. The van der Waals surface area contributed by atoms with E-state index in [4.69, 9.17) is 5.73 Å². The van der Waals surface area contributed by atoms with Crippen LogP contribution in [0, 0.1) is 5.82 Å². The summed E-state index contributed by atoms with van der Waals surface area (Å²) in [6.45, 7) is 0. The van der Waals surface area contributed by atoms with Gasteiger partial charge in [0, 0.05) is 0 Å².